The highest BCUT2D eigenvalue weighted by atomic mass is 16.5. The number of hydrogen-bond acceptors (Lipinski definition) is 15. The van der Waals surface area contributed by atoms with E-state index in [1.807, 2.05) is 0 Å². The predicted octanol–water partition coefficient (Wildman–Crippen LogP) is -4.24. The number of carbonyl (C=O) groups excluding carboxylic acids is 6. The van der Waals surface area contributed by atoms with E-state index in [0.717, 1.165) is 0 Å². The van der Waals surface area contributed by atoms with E-state index in [9.17, 15) is 33.6 Å². The van der Waals surface area contributed by atoms with Crippen LogP contribution in [0.2, 0.25) is 0 Å². The lowest BCUT2D eigenvalue weighted by atomic mass is 10.1. The average molecular weight is 740 g/mol. The van der Waals surface area contributed by atoms with Crippen LogP contribution in [0.1, 0.15) is 12.8 Å². The Bertz CT molecular complexity index is 961. The molecule has 0 heterocycles. The lowest BCUT2D eigenvalue weighted by Gasteiger charge is -2.11. The molecule has 5 amide bonds. The molecule has 0 aliphatic carbocycles. The van der Waals surface area contributed by atoms with Gasteiger partial charge in [-0.3, -0.25) is 24.0 Å². The Balaban J connectivity index is 3.43. The van der Waals surface area contributed by atoms with Crippen LogP contribution in [0.5, 0.6) is 0 Å². The zero-order chi connectivity index (χ0) is 37.6. The van der Waals surface area contributed by atoms with Crippen LogP contribution in [0.3, 0.4) is 0 Å². The van der Waals surface area contributed by atoms with Gasteiger partial charge in [-0.15, -0.1) is 0 Å². The molecule has 21 nitrogen and oxygen atoms in total. The lowest BCUT2D eigenvalue weighted by Crippen LogP contribution is -2.37. The number of carboxylic acid groups (broad SMARTS) is 1. The van der Waals surface area contributed by atoms with E-state index >= 15 is 0 Å². The van der Waals surface area contributed by atoms with Crippen LogP contribution in [-0.2, 0) is 71.5 Å². The van der Waals surface area contributed by atoms with Crippen LogP contribution in [0.4, 0.5) is 0 Å². The summed E-state index contributed by atoms with van der Waals surface area (Å²) in [4.78, 5) is 78.3. The number of amides is 5. The summed E-state index contributed by atoms with van der Waals surface area (Å²) in [6.07, 6.45) is 0.823. The number of ether oxygens (including phenoxy) is 8. The van der Waals surface area contributed by atoms with Gasteiger partial charge in [0.1, 0.15) is 38.8 Å². The molecule has 0 aliphatic rings. The normalized spacial score (nSPS) is 11.3. The van der Waals surface area contributed by atoms with E-state index in [2.05, 4.69) is 26.6 Å². The van der Waals surface area contributed by atoms with Crippen LogP contribution in [0.15, 0.2) is 0 Å². The molecule has 0 bridgehead atoms. The van der Waals surface area contributed by atoms with E-state index in [-0.39, 0.29) is 148 Å². The molecular weight excluding hydrogens is 686 g/mol. The zero-order valence-electron chi connectivity index (χ0n) is 28.9. The predicted molar refractivity (Wildman–Crippen MR) is 175 cm³/mol. The van der Waals surface area contributed by atoms with Gasteiger partial charge in [0.25, 0.3) is 0 Å². The number of hydrogen-bond donors (Lipinski definition) is 6. The standard InChI is InChI=1S/C30H53N5O16/c36-7-12-48-14-13-44-9-4-32-27(39)21-50-19-16-46-11-6-34-29(41)23-51-20-17-47-10-5-33-28(40)22-49-18-15-45-8-3-31-26(38)2-1-25(30(42)43)35-24-37/h7,24-25H,1-6,8-23H2,(H,31,38)(H,32,39)(H,33,40)(H,34,41)(H,35,37)(H,42,43). The van der Waals surface area contributed by atoms with E-state index in [0.29, 0.717) is 32.7 Å². The summed E-state index contributed by atoms with van der Waals surface area (Å²) >= 11 is 0. The number of aldehydes is 1. The van der Waals surface area contributed by atoms with Crippen LogP contribution >= 0.6 is 0 Å². The van der Waals surface area contributed by atoms with Crippen molar-refractivity contribution in [3.05, 3.63) is 0 Å². The molecule has 0 aromatic carbocycles. The molecule has 0 aromatic heterocycles. The average Bonchev–Trinajstić information content (AvgIpc) is 3.10. The van der Waals surface area contributed by atoms with E-state index in [1.165, 1.54) is 0 Å². The van der Waals surface area contributed by atoms with Crippen molar-refractivity contribution in [2.24, 2.45) is 0 Å². The van der Waals surface area contributed by atoms with Crippen molar-refractivity contribution < 1.29 is 76.6 Å². The Morgan fingerprint density at radius 2 is 0.843 bits per heavy atom. The highest BCUT2D eigenvalue weighted by molar-refractivity contribution is 5.79. The van der Waals surface area contributed by atoms with Crippen molar-refractivity contribution in [3.63, 3.8) is 0 Å². The molecule has 1 atom stereocenters. The number of rotatable bonds is 38. The number of aliphatic carboxylic acids is 1. The van der Waals surface area contributed by atoms with E-state index in [1.54, 1.807) is 0 Å². The number of carboxylic acids is 1. The fraction of sp³-hybridized carbons (Fsp3) is 0.767. The molecule has 0 radical (unpaired) electrons. The van der Waals surface area contributed by atoms with Crippen LogP contribution < -0.4 is 26.6 Å². The van der Waals surface area contributed by atoms with Crippen molar-refractivity contribution >= 4 is 42.3 Å². The number of nitrogens with one attached hydrogen (secondary N) is 5. The first-order valence-electron chi connectivity index (χ1n) is 16.3. The fourth-order valence-corrected chi connectivity index (χ4v) is 3.43. The van der Waals surface area contributed by atoms with Gasteiger partial charge in [0.05, 0.1) is 79.3 Å². The largest absolute Gasteiger partial charge is 0.480 e. The lowest BCUT2D eigenvalue weighted by molar-refractivity contribution is -0.141. The molecule has 6 N–H and O–H groups in total. The molecular formula is C30H53N5O16. The summed E-state index contributed by atoms with van der Waals surface area (Å²) in [6, 6.07) is -1.12. The summed E-state index contributed by atoms with van der Waals surface area (Å²) in [5, 5.41) is 21.5. The highest BCUT2D eigenvalue weighted by Crippen LogP contribution is 1.97. The summed E-state index contributed by atoms with van der Waals surface area (Å²) in [6.45, 7) is 3.52. The first kappa shape index (κ1) is 47.2. The molecule has 0 saturated heterocycles. The smallest absolute Gasteiger partial charge is 0.326 e. The minimum atomic E-state index is -1.22. The summed E-state index contributed by atoms with van der Waals surface area (Å²) < 4.78 is 41.7. The molecule has 0 aromatic rings. The molecule has 294 valence electrons. The van der Waals surface area contributed by atoms with Crippen molar-refractivity contribution in [1.29, 1.82) is 0 Å². The second-order valence-electron chi connectivity index (χ2n) is 9.96. The Kier molecular flexibility index (Phi) is 33.3. The highest BCUT2D eigenvalue weighted by Gasteiger charge is 2.17. The van der Waals surface area contributed by atoms with Crippen LogP contribution in [0, 0.1) is 0 Å². The second kappa shape index (κ2) is 36.0. The van der Waals surface area contributed by atoms with Gasteiger partial charge in [-0.1, -0.05) is 0 Å². The van der Waals surface area contributed by atoms with Crippen molar-refractivity contribution in [3.8, 4) is 0 Å². The molecule has 0 aliphatic heterocycles. The molecule has 51 heavy (non-hydrogen) atoms. The SMILES string of the molecule is O=CCOCCOCCNC(=O)COCCOCCNC(=O)COCCOCCNC(=O)COCCOCCNC(=O)CCC(NC=O)C(=O)O. The first-order chi connectivity index (χ1) is 24.8. The van der Waals surface area contributed by atoms with Gasteiger partial charge in [0.15, 0.2) is 0 Å². The maximum absolute atomic E-state index is 11.8. The van der Waals surface area contributed by atoms with Gasteiger partial charge in [0, 0.05) is 32.6 Å². The summed E-state index contributed by atoms with van der Waals surface area (Å²) in [5.74, 6) is -2.54. The van der Waals surface area contributed by atoms with Crippen molar-refractivity contribution in [1.82, 2.24) is 26.6 Å². The van der Waals surface area contributed by atoms with Crippen LogP contribution in [0.25, 0.3) is 0 Å². The quantitative estimate of drug-likeness (QED) is 0.0259. The topological polar surface area (TPSA) is 274 Å². The molecule has 0 rings (SSSR count). The fourth-order valence-electron chi connectivity index (χ4n) is 3.43. The summed E-state index contributed by atoms with van der Waals surface area (Å²) in [7, 11) is 0. The third-order valence-corrected chi connectivity index (χ3v) is 5.88. The monoisotopic (exact) mass is 739 g/mol. The van der Waals surface area contributed by atoms with Crippen molar-refractivity contribution in [2.75, 3.05) is 132 Å². The minimum absolute atomic E-state index is 0.0285. The molecule has 1 unspecified atom stereocenters. The molecule has 0 spiro atoms. The van der Waals surface area contributed by atoms with Gasteiger partial charge < -0.3 is 74.4 Å². The van der Waals surface area contributed by atoms with Gasteiger partial charge in [-0.2, -0.15) is 0 Å². The second-order valence-corrected chi connectivity index (χ2v) is 9.96. The maximum atomic E-state index is 11.8. The molecule has 21 heteroatoms. The first-order valence-corrected chi connectivity index (χ1v) is 16.3. The van der Waals surface area contributed by atoms with Gasteiger partial charge in [-0.05, 0) is 6.42 Å². The van der Waals surface area contributed by atoms with Crippen molar-refractivity contribution in [2.45, 2.75) is 18.9 Å². The van der Waals surface area contributed by atoms with Gasteiger partial charge >= 0.3 is 5.97 Å². The minimum Gasteiger partial charge on any atom is -0.480 e. The zero-order valence-corrected chi connectivity index (χ0v) is 28.9. The third-order valence-electron chi connectivity index (χ3n) is 5.88. The third kappa shape index (κ3) is 34.4. The molecule has 0 fully saturated rings. The van der Waals surface area contributed by atoms with Gasteiger partial charge in [0.2, 0.25) is 30.0 Å². The molecule has 0 saturated carbocycles. The van der Waals surface area contributed by atoms with Gasteiger partial charge in [-0.25, -0.2) is 4.79 Å². The Morgan fingerprint density at radius 3 is 1.20 bits per heavy atom. The van der Waals surface area contributed by atoms with E-state index < -0.39 is 12.0 Å². The van der Waals surface area contributed by atoms with E-state index in [4.69, 9.17) is 43.0 Å². The Morgan fingerprint density at radius 1 is 0.490 bits per heavy atom. The summed E-state index contributed by atoms with van der Waals surface area (Å²) in [5.41, 5.74) is 0. The Hall–Kier alpha value is -3.83. The maximum Gasteiger partial charge on any atom is 0.326 e. The van der Waals surface area contributed by atoms with Crippen LogP contribution in [-0.4, -0.2) is 185 Å². The Labute approximate surface area is 296 Å². The number of carbonyl (C=O) groups is 7.